The van der Waals surface area contributed by atoms with E-state index in [1.165, 1.54) is 25.0 Å². The average Bonchev–Trinajstić information content (AvgIpc) is 2.49. The summed E-state index contributed by atoms with van der Waals surface area (Å²) in [5.74, 6) is 1.68. The molecule has 21 heavy (non-hydrogen) atoms. The molecule has 0 heterocycles. The number of carbonyl (C=O) groups is 1. The van der Waals surface area contributed by atoms with Crippen molar-refractivity contribution in [3.63, 3.8) is 0 Å². The zero-order valence-electron chi connectivity index (χ0n) is 13.1. The number of amides is 1. The van der Waals surface area contributed by atoms with E-state index in [2.05, 4.69) is 19.2 Å². The molecule has 1 fully saturated rings. The van der Waals surface area contributed by atoms with Gasteiger partial charge < -0.3 is 5.32 Å². The van der Waals surface area contributed by atoms with Crippen molar-refractivity contribution in [1.82, 2.24) is 5.32 Å². The topological polar surface area (TPSA) is 29.1 Å². The Hall–Kier alpha value is -1.38. The van der Waals surface area contributed by atoms with Gasteiger partial charge in [-0.1, -0.05) is 26.0 Å². The van der Waals surface area contributed by atoms with Gasteiger partial charge in [-0.15, -0.1) is 0 Å². The third-order valence-electron chi connectivity index (χ3n) is 4.71. The molecule has 0 saturated heterocycles. The molecule has 2 nitrogen and oxygen atoms in total. The van der Waals surface area contributed by atoms with Crippen LogP contribution in [0, 0.1) is 23.6 Å². The molecule has 0 aliphatic heterocycles. The van der Waals surface area contributed by atoms with Gasteiger partial charge in [0.05, 0.1) is 0 Å². The predicted molar refractivity (Wildman–Crippen MR) is 83.4 cm³/mol. The van der Waals surface area contributed by atoms with Crippen LogP contribution in [-0.2, 0) is 11.2 Å². The molecular formula is C18H26FNO. The third kappa shape index (κ3) is 4.83. The summed E-state index contributed by atoms with van der Waals surface area (Å²) in [5.41, 5.74) is 1.06. The van der Waals surface area contributed by atoms with E-state index in [1.807, 2.05) is 0 Å². The summed E-state index contributed by atoms with van der Waals surface area (Å²) in [6, 6.07) is 6.47. The zero-order valence-corrected chi connectivity index (χ0v) is 13.1. The number of hydrogen-bond acceptors (Lipinski definition) is 1. The quantitative estimate of drug-likeness (QED) is 0.874. The maximum absolute atomic E-state index is 12.8. The van der Waals surface area contributed by atoms with Crippen LogP contribution in [0.15, 0.2) is 24.3 Å². The van der Waals surface area contributed by atoms with Crippen molar-refractivity contribution in [2.75, 3.05) is 6.54 Å². The Morgan fingerprint density at radius 3 is 2.38 bits per heavy atom. The molecule has 1 N–H and O–H groups in total. The monoisotopic (exact) mass is 291 g/mol. The zero-order chi connectivity index (χ0) is 15.2. The van der Waals surface area contributed by atoms with Gasteiger partial charge in [-0.25, -0.2) is 4.39 Å². The van der Waals surface area contributed by atoms with Crippen LogP contribution >= 0.6 is 0 Å². The van der Waals surface area contributed by atoms with Gasteiger partial charge in [-0.05, 0) is 61.6 Å². The van der Waals surface area contributed by atoms with E-state index in [-0.39, 0.29) is 17.6 Å². The molecule has 1 amide bonds. The molecule has 1 saturated carbocycles. The van der Waals surface area contributed by atoms with Crippen molar-refractivity contribution in [1.29, 1.82) is 0 Å². The van der Waals surface area contributed by atoms with E-state index in [4.69, 9.17) is 0 Å². The number of halogens is 1. The van der Waals surface area contributed by atoms with E-state index in [0.29, 0.717) is 6.54 Å². The predicted octanol–water partition coefficient (Wildman–Crippen LogP) is 3.95. The molecule has 0 atom stereocenters. The van der Waals surface area contributed by atoms with E-state index in [9.17, 15) is 9.18 Å². The Labute approximate surface area is 127 Å². The Morgan fingerprint density at radius 2 is 1.81 bits per heavy atom. The van der Waals surface area contributed by atoms with Gasteiger partial charge in [0.1, 0.15) is 5.82 Å². The molecule has 0 radical (unpaired) electrons. The van der Waals surface area contributed by atoms with Crippen LogP contribution in [0.5, 0.6) is 0 Å². The molecule has 0 aromatic heterocycles. The highest BCUT2D eigenvalue weighted by Crippen LogP contribution is 2.33. The second-order valence-electron chi connectivity index (χ2n) is 6.52. The van der Waals surface area contributed by atoms with Crippen LogP contribution in [0.1, 0.15) is 45.1 Å². The Kier molecular flexibility index (Phi) is 5.77. The lowest BCUT2D eigenvalue weighted by Crippen LogP contribution is -2.35. The lowest BCUT2D eigenvalue weighted by atomic mass is 9.77. The summed E-state index contributed by atoms with van der Waals surface area (Å²) in [7, 11) is 0. The van der Waals surface area contributed by atoms with Gasteiger partial charge >= 0.3 is 0 Å². The third-order valence-corrected chi connectivity index (χ3v) is 4.71. The van der Waals surface area contributed by atoms with Crippen molar-refractivity contribution in [2.24, 2.45) is 17.8 Å². The maximum atomic E-state index is 12.8. The first-order valence-corrected chi connectivity index (χ1v) is 8.08. The van der Waals surface area contributed by atoms with Crippen LogP contribution < -0.4 is 5.32 Å². The Morgan fingerprint density at radius 1 is 1.19 bits per heavy atom. The lowest BCUT2D eigenvalue weighted by molar-refractivity contribution is -0.126. The SMILES string of the molecule is CC(C)[C@H]1CC[C@H](C(=O)NCCc2ccc(F)cc2)CC1. The van der Waals surface area contributed by atoms with Gasteiger partial charge in [-0.2, -0.15) is 0 Å². The minimum Gasteiger partial charge on any atom is -0.356 e. The van der Waals surface area contributed by atoms with Crippen LogP contribution in [-0.4, -0.2) is 12.5 Å². The maximum Gasteiger partial charge on any atom is 0.223 e. The Bertz CT molecular complexity index is 447. The lowest BCUT2D eigenvalue weighted by Gasteiger charge is -2.30. The van der Waals surface area contributed by atoms with Crippen molar-refractivity contribution < 1.29 is 9.18 Å². The van der Waals surface area contributed by atoms with Gasteiger partial charge in [-0.3, -0.25) is 4.79 Å². The second-order valence-corrected chi connectivity index (χ2v) is 6.52. The van der Waals surface area contributed by atoms with Crippen LogP contribution in [0.4, 0.5) is 4.39 Å². The van der Waals surface area contributed by atoms with Crippen LogP contribution in [0.3, 0.4) is 0 Å². The molecule has 1 aromatic carbocycles. The van der Waals surface area contributed by atoms with Crippen molar-refractivity contribution in [3.8, 4) is 0 Å². The fraction of sp³-hybridized carbons (Fsp3) is 0.611. The molecule has 0 spiro atoms. The van der Waals surface area contributed by atoms with E-state index >= 15 is 0 Å². The van der Waals surface area contributed by atoms with Gasteiger partial charge in [0.25, 0.3) is 0 Å². The minimum absolute atomic E-state index is 0.188. The summed E-state index contributed by atoms with van der Waals surface area (Å²) >= 11 is 0. The second kappa shape index (κ2) is 7.58. The summed E-state index contributed by atoms with van der Waals surface area (Å²) < 4.78 is 12.8. The molecule has 116 valence electrons. The van der Waals surface area contributed by atoms with E-state index in [0.717, 1.165) is 36.7 Å². The number of hydrogen-bond donors (Lipinski definition) is 1. The summed E-state index contributed by atoms with van der Waals surface area (Å²) in [4.78, 5) is 12.1. The van der Waals surface area contributed by atoms with Gasteiger partial charge in [0.15, 0.2) is 0 Å². The number of benzene rings is 1. The highest BCUT2D eigenvalue weighted by Gasteiger charge is 2.27. The van der Waals surface area contributed by atoms with Crippen LogP contribution in [0.2, 0.25) is 0 Å². The van der Waals surface area contributed by atoms with Crippen molar-refractivity contribution in [2.45, 2.75) is 46.0 Å². The molecule has 0 unspecified atom stereocenters. The molecular weight excluding hydrogens is 265 g/mol. The van der Waals surface area contributed by atoms with E-state index in [1.54, 1.807) is 12.1 Å². The first-order valence-electron chi connectivity index (χ1n) is 8.08. The summed E-state index contributed by atoms with van der Waals surface area (Å²) in [6.07, 6.45) is 5.14. The molecule has 1 aliphatic carbocycles. The normalized spacial score (nSPS) is 22.3. The largest absolute Gasteiger partial charge is 0.356 e. The first kappa shape index (κ1) is 16.0. The molecule has 1 aliphatic rings. The van der Waals surface area contributed by atoms with Gasteiger partial charge in [0, 0.05) is 12.5 Å². The van der Waals surface area contributed by atoms with Gasteiger partial charge in [0.2, 0.25) is 5.91 Å². The summed E-state index contributed by atoms with van der Waals surface area (Å²) in [5, 5.41) is 3.03. The number of carbonyl (C=O) groups excluding carboxylic acids is 1. The Balaban J connectivity index is 1.69. The highest BCUT2D eigenvalue weighted by atomic mass is 19.1. The smallest absolute Gasteiger partial charge is 0.223 e. The highest BCUT2D eigenvalue weighted by molar-refractivity contribution is 5.78. The molecule has 2 rings (SSSR count). The number of rotatable bonds is 5. The molecule has 1 aromatic rings. The fourth-order valence-electron chi connectivity index (χ4n) is 3.17. The summed E-state index contributed by atoms with van der Waals surface area (Å²) in [6.45, 7) is 5.18. The number of nitrogens with one attached hydrogen (secondary N) is 1. The standard InChI is InChI=1S/C18H26FNO/c1-13(2)15-5-7-16(8-6-15)18(21)20-12-11-14-3-9-17(19)10-4-14/h3-4,9-10,13,15-16H,5-8,11-12H2,1-2H3,(H,20,21)/t15-,16-. The first-order chi connectivity index (χ1) is 10.1. The van der Waals surface area contributed by atoms with Crippen molar-refractivity contribution >= 4 is 5.91 Å². The fourth-order valence-corrected chi connectivity index (χ4v) is 3.17. The minimum atomic E-state index is -0.218. The molecule has 0 bridgehead atoms. The average molecular weight is 291 g/mol. The molecule has 3 heteroatoms. The van der Waals surface area contributed by atoms with Crippen LogP contribution in [0.25, 0.3) is 0 Å². The van der Waals surface area contributed by atoms with Crippen molar-refractivity contribution in [3.05, 3.63) is 35.6 Å². The van der Waals surface area contributed by atoms with E-state index < -0.39 is 0 Å².